The van der Waals surface area contributed by atoms with E-state index in [0.717, 1.165) is 28.9 Å². The van der Waals surface area contributed by atoms with Crippen LogP contribution in [0.4, 0.5) is 0 Å². The molecule has 3 rings (SSSR count). The standard InChI is InChI=1S/C16H20N4O/c1-11-8-14(11)19-16(17-2)18-10-13-9-15(20-21-13)12-6-4-3-5-7-12/h3-7,9,11,14H,8,10H2,1-2H3,(H2,17,18,19). The highest BCUT2D eigenvalue weighted by molar-refractivity contribution is 5.80. The van der Waals surface area contributed by atoms with Crippen molar-refractivity contribution < 1.29 is 4.52 Å². The largest absolute Gasteiger partial charge is 0.359 e. The van der Waals surface area contributed by atoms with Gasteiger partial charge >= 0.3 is 0 Å². The number of benzene rings is 1. The lowest BCUT2D eigenvalue weighted by Gasteiger charge is -2.09. The maximum absolute atomic E-state index is 5.36. The molecule has 2 N–H and O–H groups in total. The van der Waals surface area contributed by atoms with Crippen LogP contribution in [-0.4, -0.2) is 24.2 Å². The minimum absolute atomic E-state index is 0.547. The van der Waals surface area contributed by atoms with Crippen molar-refractivity contribution in [1.29, 1.82) is 0 Å². The van der Waals surface area contributed by atoms with Gasteiger partial charge in [0.2, 0.25) is 0 Å². The summed E-state index contributed by atoms with van der Waals surface area (Å²) < 4.78 is 5.36. The molecule has 2 unspecified atom stereocenters. The molecule has 1 aromatic carbocycles. The van der Waals surface area contributed by atoms with E-state index in [1.165, 1.54) is 6.42 Å². The fourth-order valence-electron chi connectivity index (χ4n) is 2.21. The summed E-state index contributed by atoms with van der Waals surface area (Å²) in [7, 11) is 1.78. The average Bonchev–Trinajstić information content (AvgIpc) is 3.02. The number of aliphatic imine (C=N–C) groups is 1. The van der Waals surface area contributed by atoms with E-state index in [9.17, 15) is 0 Å². The topological polar surface area (TPSA) is 62.5 Å². The lowest BCUT2D eigenvalue weighted by molar-refractivity contribution is 0.382. The highest BCUT2D eigenvalue weighted by Gasteiger charge is 2.33. The Labute approximate surface area is 124 Å². The van der Waals surface area contributed by atoms with Crippen molar-refractivity contribution in [2.75, 3.05) is 7.05 Å². The molecule has 5 heteroatoms. The summed E-state index contributed by atoms with van der Waals surface area (Å²) in [4.78, 5) is 4.22. The Morgan fingerprint density at radius 2 is 2.14 bits per heavy atom. The van der Waals surface area contributed by atoms with Crippen molar-refractivity contribution in [3.63, 3.8) is 0 Å². The fourth-order valence-corrected chi connectivity index (χ4v) is 2.21. The quantitative estimate of drug-likeness (QED) is 0.668. The van der Waals surface area contributed by atoms with Crippen LogP contribution in [-0.2, 0) is 6.54 Å². The van der Waals surface area contributed by atoms with Crippen LogP contribution in [0.3, 0.4) is 0 Å². The van der Waals surface area contributed by atoms with Gasteiger partial charge in [-0.25, -0.2) is 0 Å². The van der Waals surface area contributed by atoms with Crippen LogP contribution in [0.15, 0.2) is 45.9 Å². The van der Waals surface area contributed by atoms with Gasteiger partial charge in [0.1, 0.15) is 5.69 Å². The number of guanidine groups is 1. The zero-order valence-electron chi connectivity index (χ0n) is 12.3. The highest BCUT2D eigenvalue weighted by Crippen LogP contribution is 2.28. The van der Waals surface area contributed by atoms with Crippen molar-refractivity contribution in [2.45, 2.75) is 25.9 Å². The van der Waals surface area contributed by atoms with E-state index in [0.29, 0.717) is 12.6 Å². The zero-order valence-corrected chi connectivity index (χ0v) is 12.3. The van der Waals surface area contributed by atoms with Gasteiger partial charge in [0, 0.05) is 24.7 Å². The summed E-state index contributed by atoms with van der Waals surface area (Å²) in [5.74, 6) is 2.33. The van der Waals surface area contributed by atoms with Gasteiger partial charge in [-0.2, -0.15) is 0 Å². The van der Waals surface area contributed by atoms with E-state index < -0.39 is 0 Å². The van der Waals surface area contributed by atoms with E-state index in [4.69, 9.17) is 4.52 Å². The van der Waals surface area contributed by atoms with Gasteiger partial charge in [-0.1, -0.05) is 42.4 Å². The molecular formula is C16H20N4O. The summed E-state index contributed by atoms with van der Waals surface area (Å²) >= 11 is 0. The van der Waals surface area contributed by atoms with Crippen molar-refractivity contribution in [2.24, 2.45) is 10.9 Å². The van der Waals surface area contributed by atoms with Gasteiger partial charge < -0.3 is 15.2 Å². The van der Waals surface area contributed by atoms with Crippen LogP contribution >= 0.6 is 0 Å². The molecule has 1 heterocycles. The first-order chi connectivity index (χ1) is 10.3. The van der Waals surface area contributed by atoms with Crippen molar-refractivity contribution in [3.05, 3.63) is 42.2 Å². The van der Waals surface area contributed by atoms with Gasteiger partial charge in [-0.05, 0) is 12.3 Å². The first-order valence-electron chi connectivity index (χ1n) is 7.24. The van der Waals surface area contributed by atoms with E-state index >= 15 is 0 Å². The molecule has 1 aliphatic carbocycles. The first-order valence-corrected chi connectivity index (χ1v) is 7.24. The van der Waals surface area contributed by atoms with Crippen LogP contribution < -0.4 is 10.6 Å². The fraction of sp³-hybridized carbons (Fsp3) is 0.375. The average molecular weight is 284 g/mol. The van der Waals surface area contributed by atoms with Crippen LogP contribution in [0.1, 0.15) is 19.1 Å². The van der Waals surface area contributed by atoms with Crippen LogP contribution in [0.25, 0.3) is 11.3 Å². The van der Waals surface area contributed by atoms with Crippen LogP contribution in [0.2, 0.25) is 0 Å². The Hall–Kier alpha value is -2.30. The third-order valence-corrected chi connectivity index (χ3v) is 3.71. The Balaban J connectivity index is 1.57. The number of hydrogen-bond donors (Lipinski definition) is 2. The second-order valence-corrected chi connectivity index (χ2v) is 5.43. The lowest BCUT2D eigenvalue weighted by atomic mass is 10.1. The molecule has 2 atom stereocenters. The molecule has 5 nitrogen and oxygen atoms in total. The second-order valence-electron chi connectivity index (χ2n) is 5.43. The summed E-state index contributed by atoms with van der Waals surface area (Å²) in [5.41, 5.74) is 1.91. The Morgan fingerprint density at radius 1 is 1.38 bits per heavy atom. The third kappa shape index (κ3) is 3.42. The minimum atomic E-state index is 0.547. The summed E-state index contributed by atoms with van der Waals surface area (Å²) in [6, 6.07) is 12.5. The number of rotatable bonds is 4. The van der Waals surface area contributed by atoms with Crippen molar-refractivity contribution >= 4 is 5.96 Å². The van der Waals surface area contributed by atoms with E-state index in [-0.39, 0.29) is 0 Å². The predicted octanol–water partition coefficient (Wildman–Crippen LogP) is 2.42. The van der Waals surface area contributed by atoms with Gasteiger partial charge in [0.05, 0.1) is 6.54 Å². The monoisotopic (exact) mass is 284 g/mol. The SMILES string of the molecule is CN=C(NCc1cc(-c2ccccc2)no1)NC1CC1C. The number of nitrogens with zero attached hydrogens (tertiary/aromatic N) is 2. The van der Waals surface area contributed by atoms with Crippen molar-refractivity contribution in [3.8, 4) is 11.3 Å². The molecule has 0 spiro atoms. The maximum atomic E-state index is 5.36. The van der Waals surface area contributed by atoms with E-state index in [1.807, 2.05) is 36.4 Å². The second kappa shape index (κ2) is 5.99. The molecule has 21 heavy (non-hydrogen) atoms. The molecule has 110 valence electrons. The molecule has 2 aromatic rings. The molecule has 1 saturated carbocycles. The summed E-state index contributed by atoms with van der Waals surface area (Å²) in [6.07, 6.45) is 1.21. The smallest absolute Gasteiger partial charge is 0.191 e. The summed E-state index contributed by atoms with van der Waals surface area (Å²) in [5, 5.41) is 10.7. The predicted molar refractivity (Wildman–Crippen MR) is 82.8 cm³/mol. The van der Waals surface area contributed by atoms with Crippen molar-refractivity contribution in [1.82, 2.24) is 15.8 Å². The number of nitrogens with one attached hydrogen (secondary N) is 2. The minimum Gasteiger partial charge on any atom is -0.359 e. The van der Waals surface area contributed by atoms with Crippen LogP contribution in [0, 0.1) is 5.92 Å². The molecule has 1 fully saturated rings. The number of hydrogen-bond acceptors (Lipinski definition) is 3. The lowest BCUT2D eigenvalue weighted by Crippen LogP contribution is -2.38. The van der Waals surface area contributed by atoms with Crippen LogP contribution in [0.5, 0.6) is 0 Å². The molecule has 1 aliphatic rings. The van der Waals surface area contributed by atoms with E-state index in [2.05, 4.69) is 27.7 Å². The first kappa shape index (κ1) is 13.7. The molecular weight excluding hydrogens is 264 g/mol. The normalized spacial score (nSPS) is 21.1. The molecule has 0 bridgehead atoms. The molecule has 0 amide bonds. The van der Waals surface area contributed by atoms with Gasteiger partial charge in [0.15, 0.2) is 11.7 Å². The zero-order chi connectivity index (χ0) is 14.7. The molecule has 0 radical (unpaired) electrons. The maximum Gasteiger partial charge on any atom is 0.191 e. The Bertz CT molecular complexity index is 620. The third-order valence-electron chi connectivity index (χ3n) is 3.71. The summed E-state index contributed by atoms with van der Waals surface area (Å²) in [6.45, 7) is 2.80. The number of aromatic nitrogens is 1. The van der Waals surface area contributed by atoms with Gasteiger partial charge in [0.25, 0.3) is 0 Å². The van der Waals surface area contributed by atoms with E-state index in [1.54, 1.807) is 7.05 Å². The highest BCUT2D eigenvalue weighted by atomic mass is 16.5. The molecule has 1 aromatic heterocycles. The molecule has 0 aliphatic heterocycles. The Kier molecular flexibility index (Phi) is 3.90. The van der Waals surface area contributed by atoms with Gasteiger partial charge in [-0.15, -0.1) is 0 Å². The van der Waals surface area contributed by atoms with Gasteiger partial charge in [-0.3, -0.25) is 4.99 Å². The molecule has 0 saturated heterocycles. The Morgan fingerprint density at radius 3 is 2.81 bits per heavy atom.